The lowest BCUT2D eigenvalue weighted by atomic mass is 9.84. The van der Waals surface area contributed by atoms with Gasteiger partial charge in [-0.3, -0.25) is 9.59 Å². The smallest absolute Gasteiger partial charge is 0.271 e. The number of carbonyl (C=O) groups excluding carboxylic acids is 2. The number of nitrogens with two attached hydrogens (primary N) is 1. The summed E-state index contributed by atoms with van der Waals surface area (Å²) in [6, 6.07) is 0.00344. The van der Waals surface area contributed by atoms with Crippen LogP contribution in [0.2, 0.25) is 0 Å². The van der Waals surface area contributed by atoms with E-state index >= 15 is 0 Å². The van der Waals surface area contributed by atoms with Gasteiger partial charge in [0, 0.05) is 24.9 Å². The molecule has 6 nitrogen and oxygen atoms in total. The molecule has 1 aromatic heterocycles. The number of aromatic nitrogens is 1. The highest BCUT2D eigenvalue weighted by molar-refractivity contribution is 7.14. The van der Waals surface area contributed by atoms with E-state index < -0.39 is 0 Å². The molecule has 0 aliphatic heterocycles. The van der Waals surface area contributed by atoms with Gasteiger partial charge in [-0.2, -0.15) is 0 Å². The molecular formula is C14H22N4O2S. The van der Waals surface area contributed by atoms with E-state index in [1.807, 2.05) is 0 Å². The lowest BCUT2D eigenvalue weighted by Crippen LogP contribution is -2.46. The lowest BCUT2D eigenvalue weighted by Gasteiger charge is -2.29. The van der Waals surface area contributed by atoms with Crippen molar-refractivity contribution in [3.8, 4) is 0 Å². The van der Waals surface area contributed by atoms with Gasteiger partial charge in [0.2, 0.25) is 5.91 Å². The summed E-state index contributed by atoms with van der Waals surface area (Å²) in [7, 11) is 0. The number of nitrogens with zero attached hydrogens (tertiary/aromatic N) is 1. The summed E-state index contributed by atoms with van der Waals surface area (Å²) in [5.74, 6) is 0.0448. The Morgan fingerprint density at radius 3 is 2.76 bits per heavy atom. The number of hydrogen-bond acceptors (Lipinski definition) is 5. The van der Waals surface area contributed by atoms with Gasteiger partial charge in [-0.15, -0.1) is 11.3 Å². The van der Waals surface area contributed by atoms with Crippen LogP contribution in [0.3, 0.4) is 0 Å². The molecule has 1 unspecified atom stereocenters. The van der Waals surface area contributed by atoms with Crippen LogP contribution in [0, 0.1) is 5.92 Å². The first-order chi connectivity index (χ1) is 10.1. The molecule has 7 heteroatoms. The zero-order valence-corrected chi connectivity index (χ0v) is 13.0. The summed E-state index contributed by atoms with van der Waals surface area (Å²) in [5, 5.41) is 7.65. The fourth-order valence-corrected chi connectivity index (χ4v) is 3.47. The minimum Gasteiger partial charge on any atom is -0.346 e. The topological polar surface area (TPSA) is 97.1 Å². The molecule has 1 fully saturated rings. The highest BCUT2D eigenvalue weighted by atomic mass is 32.1. The van der Waals surface area contributed by atoms with Gasteiger partial charge >= 0.3 is 0 Å². The summed E-state index contributed by atoms with van der Waals surface area (Å²) < 4.78 is 0. The maximum atomic E-state index is 12.2. The largest absolute Gasteiger partial charge is 0.346 e. The SMILES string of the molecule is CC(=O)Nc1nc(C(=O)NC(CN)C2CCCCC2)cs1. The standard InChI is InChI=1S/C14H22N4O2S/c1-9(19)16-14-18-12(8-21-14)13(20)17-11(7-15)10-5-3-2-4-6-10/h8,10-11H,2-7,15H2,1H3,(H,17,20)(H,16,18,19). The fourth-order valence-electron chi connectivity index (χ4n) is 2.73. The van der Waals surface area contributed by atoms with Crippen molar-refractivity contribution in [2.45, 2.75) is 45.1 Å². The molecule has 0 bridgehead atoms. The maximum absolute atomic E-state index is 12.2. The van der Waals surface area contributed by atoms with Crippen LogP contribution in [0.5, 0.6) is 0 Å². The molecule has 0 spiro atoms. The molecule has 4 N–H and O–H groups in total. The molecule has 1 atom stereocenters. The van der Waals surface area contributed by atoms with E-state index in [0.717, 1.165) is 12.8 Å². The van der Waals surface area contributed by atoms with Crippen molar-refractivity contribution in [1.29, 1.82) is 0 Å². The summed E-state index contributed by atoms with van der Waals surface area (Å²) >= 11 is 1.24. The summed E-state index contributed by atoms with van der Waals surface area (Å²) in [6.45, 7) is 1.85. The Morgan fingerprint density at radius 1 is 1.43 bits per heavy atom. The van der Waals surface area contributed by atoms with Gasteiger partial charge in [-0.1, -0.05) is 19.3 Å². The first-order valence-corrected chi connectivity index (χ1v) is 8.22. The average molecular weight is 310 g/mol. The molecule has 116 valence electrons. The van der Waals surface area contributed by atoms with Crippen LogP contribution >= 0.6 is 11.3 Å². The summed E-state index contributed by atoms with van der Waals surface area (Å²) in [5.41, 5.74) is 6.14. The number of amides is 2. The molecule has 0 saturated heterocycles. The number of thiazole rings is 1. The Balaban J connectivity index is 1.95. The first-order valence-electron chi connectivity index (χ1n) is 7.34. The number of anilines is 1. The molecule has 2 amide bonds. The van der Waals surface area contributed by atoms with E-state index in [2.05, 4.69) is 15.6 Å². The maximum Gasteiger partial charge on any atom is 0.271 e. The third-order valence-corrected chi connectivity index (χ3v) is 4.57. The third kappa shape index (κ3) is 4.50. The Kier molecular flexibility index (Phi) is 5.69. The highest BCUT2D eigenvalue weighted by Gasteiger charge is 2.25. The second-order valence-electron chi connectivity index (χ2n) is 5.43. The van der Waals surface area contributed by atoms with E-state index in [9.17, 15) is 9.59 Å². The molecule has 1 saturated carbocycles. The van der Waals surface area contributed by atoms with E-state index in [4.69, 9.17) is 5.73 Å². The van der Waals surface area contributed by atoms with Crippen LogP contribution in [-0.4, -0.2) is 29.4 Å². The van der Waals surface area contributed by atoms with Crippen LogP contribution in [0.1, 0.15) is 49.5 Å². The van der Waals surface area contributed by atoms with Crippen molar-refractivity contribution in [2.75, 3.05) is 11.9 Å². The molecular weight excluding hydrogens is 288 g/mol. The molecule has 1 aromatic rings. The van der Waals surface area contributed by atoms with Crippen LogP contribution in [0.25, 0.3) is 0 Å². The Hall–Kier alpha value is -1.47. The number of hydrogen-bond donors (Lipinski definition) is 3. The molecule has 1 aliphatic carbocycles. The number of rotatable bonds is 5. The molecule has 1 heterocycles. The van der Waals surface area contributed by atoms with Crippen molar-refractivity contribution < 1.29 is 9.59 Å². The van der Waals surface area contributed by atoms with Crippen LogP contribution in [0.4, 0.5) is 5.13 Å². The second kappa shape index (κ2) is 7.51. The zero-order valence-electron chi connectivity index (χ0n) is 12.2. The van der Waals surface area contributed by atoms with E-state index in [1.54, 1.807) is 5.38 Å². The fraction of sp³-hybridized carbons (Fsp3) is 0.643. The van der Waals surface area contributed by atoms with Gasteiger partial charge in [0.15, 0.2) is 5.13 Å². The predicted molar refractivity (Wildman–Crippen MR) is 83.3 cm³/mol. The molecule has 0 aromatic carbocycles. The van der Waals surface area contributed by atoms with Gasteiger partial charge in [-0.05, 0) is 18.8 Å². The van der Waals surface area contributed by atoms with Crippen LogP contribution in [0.15, 0.2) is 5.38 Å². The zero-order chi connectivity index (χ0) is 15.2. The Bertz CT molecular complexity index is 497. The number of carbonyl (C=O) groups is 2. The number of nitrogens with one attached hydrogen (secondary N) is 2. The van der Waals surface area contributed by atoms with Crippen molar-refractivity contribution in [2.24, 2.45) is 11.7 Å². The summed E-state index contributed by atoms with van der Waals surface area (Å²) in [4.78, 5) is 27.3. The van der Waals surface area contributed by atoms with E-state index in [-0.39, 0.29) is 17.9 Å². The highest BCUT2D eigenvalue weighted by Crippen LogP contribution is 2.26. The third-order valence-electron chi connectivity index (χ3n) is 3.81. The van der Waals surface area contributed by atoms with Crippen molar-refractivity contribution in [1.82, 2.24) is 10.3 Å². The normalized spacial score (nSPS) is 17.2. The molecule has 2 rings (SSSR count). The average Bonchev–Trinajstić information content (AvgIpc) is 2.93. The van der Waals surface area contributed by atoms with E-state index in [0.29, 0.717) is 23.3 Å². The van der Waals surface area contributed by atoms with Crippen molar-refractivity contribution in [3.63, 3.8) is 0 Å². The quantitative estimate of drug-likeness (QED) is 0.771. The van der Waals surface area contributed by atoms with Crippen LogP contribution in [-0.2, 0) is 4.79 Å². The van der Waals surface area contributed by atoms with Gasteiger partial charge in [0.05, 0.1) is 0 Å². The van der Waals surface area contributed by atoms with Crippen molar-refractivity contribution >= 4 is 28.3 Å². The van der Waals surface area contributed by atoms with Gasteiger partial charge in [0.25, 0.3) is 5.91 Å². The molecule has 21 heavy (non-hydrogen) atoms. The van der Waals surface area contributed by atoms with Crippen LogP contribution < -0.4 is 16.4 Å². The van der Waals surface area contributed by atoms with Gasteiger partial charge < -0.3 is 16.4 Å². The molecule has 1 aliphatic rings. The Morgan fingerprint density at radius 2 is 2.14 bits per heavy atom. The molecule has 0 radical (unpaired) electrons. The second-order valence-corrected chi connectivity index (χ2v) is 6.29. The van der Waals surface area contributed by atoms with Gasteiger partial charge in [0.1, 0.15) is 5.69 Å². The monoisotopic (exact) mass is 310 g/mol. The lowest BCUT2D eigenvalue weighted by molar-refractivity contribution is -0.114. The van der Waals surface area contributed by atoms with Crippen molar-refractivity contribution in [3.05, 3.63) is 11.1 Å². The predicted octanol–water partition coefficient (Wildman–Crippen LogP) is 1.74. The minimum atomic E-state index is -0.219. The first kappa shape index (κ1) is 15.9. The Labute approximate surface area is 128 Å². The van der Waals surface area contributed by atoms with E-state index in [1.165, 1.54) is 37.5 Å². The summed E-state index contributed by atoms with van der Waals surface area (Å²) in [6.07, 6.45) is 5.93. The minimum absolute atomic E-state index is 0.00344. The van der Waals surface area contributed by atoms with Gasteiger partial charge in [-0.25, -0.2) is 4.98 Å².